The number of benzene rings is 1. The van der Waals surface area contributed by atoms with Gasteiger partial charge in [-0.2, -0.15) is 0 Å². The zero-order valence-electron chi connectivity index (χ0n) is 11.9. The number of nitrogens with zero attached hydrogens (tertiary/aromatic N) is 1. The molecule has 109 valence electrons. The van der Waals surface area contributed by atoms with Gasteiger partial charge in [0.2, 0.25) is 0 Å². The molecule has 3 rings (SSSR count). The second-order valence-corrected chi connectivity index (χ2v) is 6.14. The SMILES string of the molecule is OC[C@H](F)C1CCN(c2cc[c]cc2C2CCC2)CC1. The van der Waals surface area contributed by atoms with Crippen LogP contribution in [-0.2, 0) is 0 Å². The third kappa shape index (κ3) is 2.69. The molecule has 0 aromatic heterocycles. The van der Waals surface area contributed by atoms with Crippen LogP contribution in [0.5, 0.6) is 0 Å². The zero-order valence-corrected chi connectivity index (χ0v) is 11.9. The van der Waals surface area contributed by atoms with Gasteiger partial charge in [0.25, 0.3) is 0 Å². The first-order valence-corrected chi connectivity index (χ1v) is 7.79. The van der Waals surface area contributed by atoms with Gasteiger partial charge in [-0.3, -0.25) is 0 Å². The maximum Gasteiger partial charge on any atom is 0.126 e. The van der Waals surface area contributed by atoms with Crippen LogP contribution in [0.2, 0.25) is 0 Å². The van der Waals surface area contributed by atoms with E-state index in [2.05, 4.69) is 23.1 Å². The van der Waals surface area contributed by atoms with Gasteiger partial charge in [-0.05, 0) is 61.3 Å². The van der Waals surface area contributed by atoms with Crippen LogP contribution in [-0.4, -0.2) is 31.0 Å². The van der Waals surface area contributed by atoms with Crippen LogP contribution in [0.25, 0.3) is 0 Å². The number of aliphatic hydroxyl groups excluding tert-OH is 1. The van der Waals surface area contributed by atoms with E-state index in [1.54, 1.807) is 0 Å². The van der Waals surface area contributed by atoms with Crippen molar-refractivity contribution < 1.29 is 9.50 Å². The predicted molar refractivity (Wildman–Crippen MR) is 78.8 cm³/mol. The summed E-state index contributed by atoms with van der Waals surface area (Å²) in [6.07, 6.45) is 4.54. The third-order valence-electron chi connectivity index (χ3n) is 4.98. The molecule has 1 radical (unpaired) electrons. The molecule has 2 fully saturated rings. The molecular formula is C17H23FNO. The maximum atomic E-state index is 13.5. The molecule has 1 aromatic rings. The molecule has 2 nitrogen and oxygen atoms in total. The highest BCUT2D eigenvalue weighted by atomic mass is 19.1. The van der Waals surface area contributed by atoms with Crippen molar-refractivity contribution in [2.75, 3.05) is 24.6 Å². The van der Waals surface area contributed by atoms with E-state index in [1.807, 2.05) is 6.07 Å². The molecule has 0 unspecified atom stereocenters. The van der Waals surface area contributed by atoms with Gasteiger partial charge in [0.1, 0.15) is 6.17 Å². The van der Waals surface area contributed by atoms with Gasteiger partial charge in [-0.1, -0.05) is 12.5 Å². The Morgan fingerprint density at radius 3 is 2.65 bits per heavy atom. The zero-order chi connectivity index (χ0) is 13.9. The van der Waals surface area contributed by atoms with E-state index in [4.69, 9.17) is 5.11 Å². The van der Waals surface area contributed by atoms with Gasteiger partial charge in [0.15, 0.2) is 0 Å². The quantitative estimate of drug-likeness (QED) is 0.912. The molecule has 0 amide bonds. The van der Waals surface area contributed by atoms with Gasteiger partial charge in [0, 0.05) is 18.8 Å². The maximum absolute atomic E-state index is 13.5. The summed E-state index contributed by atoms with van der Waals surface area (Å²) in [5.41, 5.74) is 2.75. The van der Waals surface area contributed by atoms with Crippen LogP contribution in [0.4, 0.5) is 10.1 Å². The van der Waals surface area contributed by atoms with E-state index < -0.39 is 6.17 Å². The Hall–Kier alpha value is -1.09. The van der Waals surface area contributed by atoms with Crippen LogP contribution in [0.1, 0.15) is 43.6 Å². The summed E-state index contributed by atoms with van der Waals surface area (Å²) >= 11 is 0. The Balaban J connectivity index is 1.69. The predicted octanol–water partition coefficient (Wildman–Crippen LogP) is 3.30. The summed E-state index contributed by atoms with van der Waals surface area (Å²) in [6.45, 7) is 1.46. The Morgan fingerprint density at radius 1 is 1.30 bits per heavy atom. The molecule has 0 spiro atoms. The summed E-state index contributed by atoms with van der Waals surface area (Å²) in [5, 5.41) is 8.93. The molecular weight excluding hydrogens is 253 g/mol. The standard InChI is InChI=1S/C17H23FNO/c18-16(12-20)14-8-10-19(11-9-14)17-7-2-1-6-15(17)13-4-3-5-13/h2,6-7,13-14,16,20H,3-5,8-12H2/t16-/m0/s1. The topological polar surface area (TPSA) is 23.5 Å². The number of alkyl halides is 1. The minimum absolute atomic E-state index is 0.0266. The van der Waals surface area contributed by atoms with Crippen LogP contribution >= 0.6 is 0 Å². The van der Waals surface area contributed by atoms with Crippen molar-refractivity contribution in [1.29, 1.82) is 0 Å². The monoisotopic (exact) mass is 276 g/mol. The molecule has 1 saturated heterocycles. The lowest BCUT2D eigenvalue weighted by molar-refractivity contribution is 0.112. The molecule has 3 heteroatoms. The van der Waals surface area contributed by atoms with Gasteiger partial charge >= 0.3 is 0 Å². The van der Waals surface area contributed by atoms with E-state index in [-0.39, 0.29) is 12.5 Å². The van der Waals surface area contributed by atoms with Crippen molar-refractivity contribution in [2.45, 2.75) is 44.2 Å². The van der Waals surface area contributed by atoms with E-state index >= 15 is 0 Å². The lowest BCUT2D eigenvalue weighted by Gasteiger charge is -2.38. The largest absolute Gasteiger partial charge is 0.393 e. The van der Waals surface area contributed by atoms with Gasteiger partial charge in [-0.15, -0.1) is 0 Å². The molecule has 1 heterocycles. The summed E-state index contributed by atoms with van der Waals surface area (Å²) < 4.78 is 13.5. The number of aliphatic hydroxyl groups is 1. The lowest BCUT2D eigenvalue weighted by atomic mass is 9.79. The molecule has 1 aliphatic heterocycles. The van der Waals surface area contributed by atoms with Crippen LogP contribution < -0.4 is 4.90 Å². The average molecular weight is 276 g/mol. The fourth-order valence-electron chi connectivity index (χ4n) is 3.42. The van der Waals surface area contributed by atoms with E-state index in [0.29, 0.717) is 5.92 Å². The van der Waals surface area contributed by atoms with E-state index in [0.717, 1.165) is 25.9 Å². The van der Waals surface area contributed by atoms with Crippen molar-refractivity contribution in [3.05, 3.63) is 29.8 Å². The molecule has 1 N–H and O–H groups in total. The van der Waals surface area contributed by atoms with Crippen LogP contribution in [0.15, 0.2) is 18.2 Å². The molecule has 1 saturated carbocycles. The number of halogens is 1. The van der Waals surface area contributed by atoms with Crippen LogP contribution in [0, 0.1) is 12.0 Å². The Bertz CT molecular complexity index is 438. The Morgan fingerprint density at radius 2 is 2.05 bits per heavy atom. The molecule has 20 heavy (non-hydrogen) atoms. The van der Waals surface area contributed by atoms with Crippen molar-refractivity contribution >= 4 is 5.69 Å². The van der Waals surface area contributed by atoms with Crippen molar-refractivity contribution in [3.8, 4) is 0 Å². The first-order valence-electron chi connectivity index (χ1n) is 7.79. The fourth-order valence-corrected chi connectivity index (χ4v) is 3.42. The summed E-state index contributed by atoms with van der Waals surface area (Å²) in [4.78, 5) is 2.39. The number of hydrogen-bond acceptors (Lipinski definition) is 2. The molecule has 1 atom stereocenters. The first-order chi connectivity index (χ1) is 9.79. The normalized spacial score (nSPS) is 22.6. The number of anilines is 1. The molecule has 1 aliphatic carbocycles. The minimum Gasteiger partial charge on any atom is -0.393 e. The summed E-state index contributed by atoms with van der Waals surface area (Å²) in [7, 11) is 0. The number of hydrogen-bond donors (Lipinski definition) is 1. The van der Waals surface area contributed by atoms with Crippen LogP contribution in [0.3, 0.4) is 0 Å². The fraction of sp³-hybridized carbons (Fsp3) is 0.647. The van der Waals surface area contributed by atoms with Crippen molar-refractivity contribution in [1.82, 2.24) is 0 Å². The molecule has 0 bridgehead atoms. The number of rotatable bonds is 4. The van der Waals surface area contributed by atoms with E-state index in [9.17, 15) is 4.39 Å². The Kier molecular flexibility index (Phi) is 4.25. The second-order valence-electron chi connectivity index (χ2n) is 6.14. The lowest BCUT2D eigenvalue weighted by Crippen LogP contribution is -2.38. The highest BCUT2D eigenvalue weighted by Gasteiger charge is 2.29. The highest BCUT2D eigenvalue weighted by molar-refractivity contribution is 5.55. The third-order valence-corrected chi connectivity index (χ3v) is 4.98. The van der Waals surface area contributed by atoms with Crippen molar-refractivity contribution in [3.63, 3.8) is 0 Å². The smallest absolute Gasteiger partial charge is 0.126 e. The average Bonchev–Trinajstić information content (AvgIpc) is 2.45. The van der Waals surface area contributed by atoms with Gasteiger partial charge in [0.05, 0.1) is 6.61 Å². The minimum atomic E-state index is -1.05. The van der Waals surface area contributed by atoms with Gasteiger partial charge in [-0.25, -0.2) is 4.39 Å². The number of piperidine rings is 1. The van der Waals surface area contributed by atoms with Gasteiger partial charge < -0.3 is 10.0 Å². The first kappa shape index (κ1) is 13.9. The Labute approximate surface area is 120 Å². The highest BCUT2D eigenvalue weighted by Crippen LogP contribution is 2.41. The molecule has 2 aliphatic rings. The van der Waals surface area contributed by atoms with E-state index in [1.165, 1.54) is 30.5 Å². The second kappa shape index (κ2) is 6.13. The summed E-state index contributed by atoms with van der Waals surface area (Å²) in [5.74, 6) is 0.727. The summed E-state index contributed by atoms with van der Waals surface area (Å²) in [6, 6.07) is 9.48. The van der Waals surface area contributed by atoms with Crippen molar-refractivity contribution in [2.24, 2.45) is 5.92 Å². The molecule has 1 aromatic carbocycles.